The van der Waals surface area contributed by atoms with Crippen molar-refractivity contribution in [2.75, 3.05) is 27.4 Å². The normalized spacial score (nSPS) is 11.4. The van der Waals surface area contributed by atoms with Gasteiger partial charge in [-0.05, 0) is 6.07 Å². The van der Waals surface area contributed by atoms with E-state index in [0.29, 0.717) is 23.6 Å². The van der Waals surface area contributed by atoms with Crippen molar-refractivity contribution >= 4 is 22.4 Å². The summed E-state index contributed by atoms with van der Waals surface area (Å²) in [4.78, 5) is 12.4. The second kappa shape index (κ2) is 6.14. The van der Waals surface area contributed by atoms with Crippen molar-refractivity contribution in [1.29, 1.82) is 0 Å². The topological polar surface area (TPSA) is 53.4 Å². The first-order chi connectivity index (χ1) is 9.19. The van der Waals surface area contributed by atoms with Crippen molar-refractivity contribution in [3.63, 3.8) is 0 Å². The molecule has 0 fully saturated rings. The average molecular weight is 283 g/mol. The van der Waals surface area contributed by atoms with Gasteiger partial charge >= 0.3 is 0 Å². The summed E-state index contributed by atoms with van der Waals surface area (Å²) < 4.78 is 11.6. The minimum atomic E-state index is -0.275. The summed E-state index contributed by atoms with van der Waals surface area (Å²) in [6, 6.07) is 5.01. The molecule has 6 heteroatoms. The van der Waals surface area contributed by atoms with Crippen molar-refractivity contribution < 1.29 is 9.47 Å². The maximum absolute atomic E-state index is 12.4. The van der Waals surface area contributed by atoms with E-state index < -0.39 is 0 Å². The van der Waals surface area contributed by atoms with Crippen molar-refractivity contribution in [2.24, 2.45) is 0 Å². The Hall–Kier alpha value is -1.43. The van der Waals surface area contributed by atoms with Crippen LogP contribution in [0.2, 0.25) is 5.02 Å². The predicted molar refractivity (Wildman–Crippen MR) is 73.8 cm³/mol. The fraction of sp³-hybridized carbons (Fsp3) is 0.385. The minimum Gasteiger partial charge on any atom is -0.382 e. The van der Waals surface area contributed by atoms with E-state index in [1.165, 1.54) is 4.68 Å². The maximum Gasteiger partial charge on any atom is 0.276 e. The molecule has 0 aliphatic rings. The Morgan fingerprint density at radius 3 is 2.63 bits per heavy atom. The lowest BCUT2D eigenvalue weighted by molar-refractivity contribution is 0.0818. The number of aromatic nitrogens is 2. The van der Waals surface area contributed by atoms with Crippen LogP contribution in [0.25, 0.3) is 10.8 Å². The molecule has 0 spiro atoms. The number of fused-ring (bicyclic) bond motifs is 1. The molecule has 0 aliphatic carbocycles. The number of hydrogen-bond donors (Lipinski definition) is 0. The van der Waals surface area contributed by atoms with Crippen LogP contribution in [0, 0.1) is 0 Å². The summed E-state index contributed by atoms with van der Waals surface area (Å²) in [6.07, 6.45) is 1.63. The third kappa shape index (κ3) is 2.78. The number of methoxy groups -OCH3 is 2. The first-order valence-corrected chi connectivity index (χ1v) is 6.20. The van der Waals surface area contributed by atoms with E-state index in [4.69, 9.17) is 21.1 Å². The summed E-state index contributed by atoms with van der Waals surface area (Å²) >= 11 is 6.09. The number of ether oxygens (including phenoxy) is 2. The van der Waals surface area contributed by atoms with Gasteiger partial charge in [0.2, 0.25) is 0 Å². The fourth-order valence-corrected chi connectivity index (χ4v) is 2.26. The van der Waals surface area contributed by atoms with Gasteiger partial charge in [0.1, 0.15) is 6.04 Å². The lowest BCUT2D eigenvalue weighted by atomic mass is 10.2. The highest BCUT2D eigenvalue weighted by Gasteiger charge is 2.16. The Labute approximate surface area is 115 Å². The van der Waals surface area contributed by atoms with Gasteiger partial charge in [0.25, 0.3) is 5.56 Å². The number of rotatable bonds is 5. The summed E-state index contributed by atoms with van der Waals surface area (Å²) in [5.74, 6) is 0. The van der Waals surface area contributed by atoms with Crippen LogP contribution in [-0.4, -0.2) is 37.2 Å². The zero-order chi connectivity index (χ0) is 13.8. The zero-order valence-electron chi connectivity index (χ0n) is 10.8. The van der Waals surface area contributed by atoms with Crippen LogP contribution in [0.4, 0.5) is 0 Å². The highest BCUT2D eigenvalue weighted by Crippen LogP contribution is 2.19. The molecular formula is C13H15ClN2O3. The van der Waals surface area contributed by atoms with Crippen molar-refractivity contribution in [2.45, 2.75) is 6.04 Å². The van der Waals surface area contributed by atoms with Gasteiger partial charge in [0.05, 0.1) is 29.8 Å². The van der Waals surface area contributed by atoms with Crippen LogP contribution in [0.3, 0.4) is 0 Å². The molecule has 0 saturated heterocycles. The molecule has 1 aromatic carbocycles. The van der Waals surface area contributed by atoms with Gasteiger partial charge < -0.3 is 9.47 Å². The lowest BCUT2D eigenvalue weighted by Gasteiger charge is -2.17. The SMILES string of the molecule is COCC(COC)n1ncc2cccc(Cl)c2c1=O. The second-order valence-corrected chi connectivity index (χ2v) is 4.57. The molecule has 102 valence electrons. The van der Waals surface area contributed by atoms with Crippen LogP contribution < -0.4 is 5.56 Å². The van der Waals surface area contributed by atoms with Gasteiger partial charge in [-0.2, -0.15) is 5.10 Å². The summed E-state index contributed by atoms with van der Waals surface area (Å²) in [5, 5.41) is 5.79. The summed E-state index contributed by atoms with van der Waals surface area (Å²) in [7, 11) is 3.14. The Morgan fingerprint density at radius 1 is 1.32 bits per heavy atom. The molecule has 0 bridgehead atoms. The standard InChI is InChI=1S/C13H15ClN2O3/c1-18-7-10(8-19-2)16-13(17)12-9(6-15-16)4-3-5-11(12)14/h3-6,10H,7-8H2,1-2H3. The van der Waals surface area contributed by atoms with Gasteiger partial charge in [-0.3, -0.25) is 4.79 Å². The van der Waals surface area contributed by atoms with Crippen LogP contribution in [0.15, 0.2) is 29.2 Å². The number of benzene rings is 1. The minimum absolute atomic E-state index is 0.234. The third-order valence-electron chi connectivity index (χ3n) is 2.85. The quantitative estimate of drug-likeness (QED) is 0.840. The second-order valence-electron chi connectivity index (χ2n) is 4.16. The molecule has 0 radical (unpaired) electrons. The van der Waals surface area contributed by atoms with Crippen LogP contribution in [-0.2, 0) is 9.47 Å². The first kappa shape index (κ1) is 14.0. The average Bonchev–Trinajstić information content (AvgIpc) is 2.39. The van der Waals surface area contributed by atoms with E-state index in [-0.39, 0.29) is 11.6 Å². The molecular weight excluding hydrogens is 268 g/mol. The van der Waals surface area contributed by atoms with Gasteiger partial charge in [-0.1, -0.05) is 23.7 Å². The summed E-state index contributed by atoms with van der Waals surface area (Å²) in [5.41, 5.74) is -0.234. The molecule has 0 N–H and O–H groups in total. The largest absolute Gasteiger partial charge is 0.382 e. The molecule has 2 rings (SSSR count). The van der Waals surface area contributed by atoms with Crippen molar-refractivity contribution in [3.05, 3.63) is 39.8 Å². The molecule has 0 saturated carbocycles. The van der Waals surface area contributed by atoms with Gasteiger partial charge in [-0.15, -0.1) is 0 Å². The third-order valence-corrected chi connectivity index (χ3v) is 3.17. The lowest BCUT2D eigenvalue weighted by Crippen LogP contribution is -2.32. The van der Waals surface area contributed by atoms with Gasteiger partial charge in [0, 0.05) is 19.6 Å². The Bertz CT molecular complexity index is 621. The molecule has 1 aromatic heterocycles. The van der Waals surface area contributed by atoms with E-state index in [2.05, 4.69) is 5.10 Å². The molecule has 0 amide bonds. The summed E-state index contributed by atoms with van der Waals surface area (Å²) in [6.45, 7) is 0.688. The smallest absolute Gasteiger partial charge is 0.276 e. The molecule has 1 heterocycles. The molecule has 19 heavy (non-hydrogen) atoms. The number of halogens is 1. The fourth-order valence-electron chi connectivity index (χ4n) is 2.00. The number of hydrogen-bond acceptors (Lipinski definition) is 4. The van der Waals surface area contributed by atoms with Crippen LogP contribution in [0.5, 0.6) is 0 Å². The molecule has 0 unspecified atom stereocenters. The van der Waals surface area contributed by atoms with Crippen molar-refractivity contribution in [1.82, 2.24) is 9.78 Å². The highest BCUT2D eigenvalue weighted by atomic mass is 35.5. The van der Waals surface area contributed by atoms with Gasteiger partial charge in [-0.25, -0.2) is 4.68 Å². The Kier molecular flexibility index (Phi) is 4.52. The van der Waals surface area contributed by atoms with E-state index in [1.54, 1.807) is 32.5 Å². The number of nitrogens with zero attached hydrogens (tertiary/aromatic N) is 2. The Balaban J connectivity index is 2.58. The molecule has 2 aromatic rings. The molecule has 0 atom stereocenters. The van der Waals surface area contributed by atoms with Crippen LogP contribution >= 0.6 is 11.6 Å². The van der Waals surface area contributed by atoms with Crippen LogP contribution in [0.1, 0.15) is 6.04 Å². The maximum atomic E-state index is 12.4. The predicted octanol–water partition coefficient (Wildman–Crippen LogP) is 1.88. The zero-order valence-corrected chi connectivity index (χ0v) is 11.6. The molecule has 5 nitrogen and oxygen atoms in total. The first-order valence-electron chi connectivity index (χ1n) is 5.83. The van der Waals surface area contributed by atoms with Gasteiger partial charge in [0.15, 0.2) is 0 Å². The van der Waals surface area contributed by atoms with E-state index >= 15 is 0 Å². The molecule has 0 aliphatic heterocycles. The van der Waals surface area contributed by atoms with E-state index in [1.807, 2.05) is 6.07 Å². The van der Waals surface area contributed by atoms with Crippen molar-refractivity contribution in [3.8, 4) is 0 Å². The highest BCUT2D eigenvalue weighted by molar-refractivity contribution is 6.35. The van der Waals surface area contributed by atoms with E-state index in [9.17, 15) is 4.79 Å². The monoisotopic (exact) mass is 282 g/mol. The van der Waals surface area contributed by atoms with E-state index in [0.717, 1.165) is 5.39 Å². The Morgan fingerprint density at radius 2 is 2.00 bits per heavy atom.